The summed E-state index contributed by atoms with van der Waals surface area (Å²) < 4.78 is 42.5. The molecule has 1 aliphatic rings. The number of halogens is 4. The molecule has 0 spiro atoms. The van der Waals surface area contributed by atoms with E-state index in [9.17, 15) is 18.0 Å². The standard InChI is InChI=1S/C13H21BrF3NO2/c1-20-8-11(14)6-7-18-12(19)9-2-4-10(5-3-9)13(15,16)17/h9-11H,2-8H2,1H3,(H,18,19). The van der Waals surface area contributed by atoms with Crippen LogP contribution in [0.2, 0.25) is 0 Å². The van der Waals surface area contributed by atoms with Crippen molar-refractivity contribution in [1.29, 1.82) is 0 Å². The maximum absolute atomic E-state index is 12.5. The Kier molecular flexibility index (Phi) is 7.29. The highest BCUT2D eigenvalue weighted by molar-refractivity contribution is 9.09. The van der Waals surface area contributed by atoms with Crippen LogP contribution < -0.4 is 5.32 Å². The van der Waals surface area contributed by atoms with Crippen LogP contribution in [0.5, 0.6) is 0 Å². The van der Waals surface area contributed by atoms with Crippen LogP contribution in [0.3, 0.4) is 0 Å². The van der Waals surface area contributed by atoms with Gasteiger partial charge < -0.3 is 10.1 Å². The lowest BCUT2D eigenvalue weighted by molar-refractivity contribution is -0.184. The Morgan fingerprint density at radius 3 is 2.45 bits per heavy atom. The van der Waals surface area contributed by atoms with Gasteiger partial charge in [-0.1, -0.05) is 15.9 Å². The molecule has 1 amide bonds. The van der Waals surface area contributed by atoms with Crippen molar-refractivity contribution in [2.75, 3.05) is 20.3 Å². The molecule has 1 unspecified atom stereocenters. The number of carbonyl (C=O) groups is 1. The van der Waals surface area contributed by atoms with Gasteiger partial charge in [-0.15, -0.1) is 0 Å². The summed E-state index contributed by atoms with van der Waals surface area (Å²) in [5.74, 6) is -1.63. The Morgan fingerprint density at radius 2 is 1.95 bits per heavy atom. The highest BCUT2D eigenvalue weighted by Gasteiger charge is 2.42. The van der Waals surface area contributed by atoms with Crippen LogP contribution in [-0.4, -0.2) is 37.2 Å². The third-order valence-corrected chi connectivity index (χ3v) is 4.39. The molecule has 1 N–H and O–H groups in total. The van der Waals surface area contributed by atoms with Gasteiger partial charge >= 0.3 is 6.18 Å². The number of carbonyl (C=O) groups excluding carboxylic acids is 1. The maximum atomic E-state index is 12.5. The number of methoxy groups -OCH3 is 1. The Bertz CT molecular complexity index is 304. The monoisotopic (exact) mass is 359 g/mol. The molecule has 0 heterocycles. The van der Waals surface area contributed by atoms with E-state index in [2.05, 4.69) is 21.2 Å². The number of ether oxygens (including phenoxy) is 1. The highest BCUT2D eigenvalue weighted by atomic mass is 79.9. The summed E-state index contributed by atoms with van der Waals surface area (Å²) in [7, 11) is 1.60. The first-order valence-corrected chi connectivity index (χ1v) is 7.73. The number of alkyl halides is 4. The zero-order valence-corrected chi connectivity index (χ0v) is 13.1. The molecule has 1 rings (SSSR count). The van der Waals surface area contributed by atoms with Gasteiger partial charge in [0, 0.05) is 24.4 Å². The molecule has 0 bridgehead atoms. The van der Waals surface area contributed by atoms with Crippen molar-refractivity contribution < 1.29 is 22.7 Å². The van der Waals surface area contributed by atoms with Crippen LogP contribution in [0.1, 0.15) is 32.1 Å². The molecule has 3 nitrogen and oxygen atoms in total. The molecule has 0 aromatic carbocycles. The fourth-order valence-corrected chi connectivity index (χ4v) is 2.94. The smallest absolute Gasteiger partial charge is 0.384 e. The van der Waals surface area contributed by atoms with E-state index >= 15 is 0 Å². The van der Waals surface area contributed by atoms with Crippen LogP contribution in [-0.2, 0) is 9.53 Å². The van der Waals surface area contributed by atoms with E-state index in [-0.39, 0.29) is 29.5 Å². The zero-order chi connectivity index (χ0) is 15.2. The normalized spacial score (nSPS) is 25.2. The summed E-state index contributed by atoms with van der Waals surface area (Å²) in [4.78, 5) is 12.0. The minimum atomic E-state index is -4.12. The van der Waals surface area contributed by atoms with E-state index in [4.69, 9.17) is 4.74 Å². The second-order valence-electron chi connectivity index (χ2n) is 5.22. The topological polar surface area (TPSA) is 38.3 Å². The van der Waals surface area contributed by atoms with Crippen molar-refractivity contribution >= 4 is 21.8 Å². The van der Waals surface area contributed by atoms with E-state index in [0.717, 1.165) is 6.42 Å². The van der Waals surface area contributed by atoms with Crippen molar-refractivity contribution in [3.63, 3.8) is 0 Å². The molecule has 1 saturated carbocycles. The van der Waals surface area contributed by atoms with E-state index in [1.807, 2.05) is 0 Å². The number of hydrogen-bond donors (Lipinski definition) is 1. The van der Waals surface area contributed by atoms with Crippen LogP contribution in [0, 0.1) is 11.8 Å². The van der Waals surface area contributed by atoms with Gasteiger partial charge in [-0.25, -0.2) is 0 Å². The van der Waals surface area contributed by atoms with Gasteiger partial charge in [0.25, 0.3) is 0 Å². The molecule has 0 aromatic heterocycles. The number of amides is 1. The average molecular weight is 360 g/mol. The van der Waals surface area contributed by atoms with E-state index in [1.54, 1.807) is 7.11 Å². The Hall–Kier alpha value is -0.300. The maximum Gasteiger partial charge on any atom is 0.391 e. The molecule has 20 heavy (non-hydrogen) atoms. The van der Waals surface area contributed by atoms with Gasteiger partial charge in [0.15, 0.2) is 0 Å². The molecule has 1 aliphatic carbocycles. The van der Waals surface area contributed by atoms with Gasteiger partial charge in [0.05, 0.1) is 12.5 Å². The van der Waals surface area contributed by atoms with Gasteiger partial charge in [0.1, 0.15) is 0 Å². The molecular formula is C13H21BrF3NO2. The third kappa shape index (κ3) is 5.99. The van der Waals surface area contributed by atoms with Crippen molar-refractivity contribution in [3.8, 4) is 0 Å². The lowest BCUT2D eigenvalue weighted by Crippen LogP contribution is -2.36. The molecular weight excluding hydrogens is 339 g/mol. The SMILES string of the molecule is COCC(Br)CCNC(=O)C1CCC(C(F)(F)F)CC1. The fraction of sp³-hybridized carbons (Fsp3) is 0.923. The van der Waals surface area contributed by atoms with E-state index < -0.39 is 12.1 Å². The van der Waals surface area contributed by atoms with Crippen molar-refractivity contribution in [2.24, 2.45) is 11.8 Å². The minimum Gasteiger partial charge on any atom is -0.384 e. The van der Waals surface area contributed by atoms with Crippen LogP contribution in [0.15, 0.2) is 0 Å². The van der Waals surface area contributed by atoms with E-state index in [0.29, 0.717) is 26.0 Å². The average Bonchev–Trinajstić information content (AvgIpc) is 2.38. The summed E-state index contributed by atoms with van der Waals surface area (Å²) in [6.45, 7) is 1.07. The number of hydrogen-bond acceptors (Lipinski definition) is 2. The lowest BCUT2D eigenvalue weighted by atomic mass is 9.81. The third-order valence-electron chi connectivity index (χ3n) is 3.67. The first-order valence-electron chi connectivity index (χ1n) is 6.82. The predicted molar refractivity (Wildman–Crippen MR) is 73.7 cm³/mol. The first kappa shape index (κ1) is 17.8. The van der Waals surface area contributed by atoms with Gasteiger partial charge in [-0.05, 0) is 32.1 Å². The van der Waals surface area contributed by atoms with Crippen molar-refractivity contribution in [1.82, 2.24) is 5.32 Å². The van der Waals surface area contributed by atoms with Crippen LogP contribution in [0.4, 0.5) is 13.2 Å². The number of rotatable bonds is 6. The summed E-state index contributed by atoms with van der Waals surface area (Å²) in [6.07, 6.45) is -2.61. The van der Waals surface area contributed by atoms with Crippen LogP contribution >= 0.6 is 15.9 Å². The summed E-state index contributed by atoms with van der Waals surface area (Å²) >= 11 is 3.41. The molecule has 0 saturated heterocycles. The molecule has 0 aliphatic heterocycles. The van der Waals surface area contributed by atoms with Gasteiger partial charge in [-0.2, -0.15) is 13.2 Å². The summed E-state index contributed by atoms with van der Waals surface area (Å²) in [5.41, 5.74) is 0. The zero-order valence-electron chi connectivity index (χ0n) is 11.5. The molecule has 0 aromatic rings. The largest absolute Gasteiger partial charge is 0.391 e. The second-order valence-corrected chi connectivity index (χ2v) is 6.52. The quantitative estimate of drug-likeness (QED) is 0.739. The predicted octanol–water partition coefficient (Wildman–Crippen LogP) is 3.27. The van der Waals surface area contributed by atoms with Gasteiger partial charge in [-0.3, -0.25) is 4.79 Å². The molecule has 7 heteroatoms. The minimum absolute atomic E-state index is 0.0618. The highest BCUT2D eigenvalue weighted by Crippen LogP contribution is 2.39. The number of nitrogens with one attached hydrogen (secondary N) is 1. The molecule has 118 valence electrons. The van der Waals surface area contributed by atoms with Gasteiger partial charge in [0.2, 0.25) is 5.91 Å². The Balaban J connectivity index is 2.23. The fourth-order valence-electron chi connectivity index (χ4n) is 2.44. The van der Waals surface area contributed by atoms with Crippen molar-refractivity contribution in [2.45, 2.75) is 43.1 Å². The molecule has 1 fully saturated rings. The Morgan fingerprint density at radius 1 is 1.35 bits per heavy atom. The first-order chi connectivity index (χ1) is 9.34. The van der Waals surface area contributed by atoms with Crippen molar-refractivity contribution in [3.05, 3.63) is 0 Å². The van der Waals surface area contributed by atoms with E-state index in [1.165, 1.54) is 0 Å². The summed E-state index contributed by atoms with van der Waals surface area (Å²) in [6, 6.07) is 0. The second kappa shape index (κ2) is 8.22. The lowest BCUT2D eigenvalue weighted by Gasteiger charge is -2.29. The molecule has 0 radical (unpaired) electrons. The molecule has 1 atom stereocenters. The Labute approximate surface area is 125 Å². The van der Waals surface area contributed by atoms with Crippen LogP contribution in [0.25, 0.3) is 0 Å². The summed E-state index contributed by atoms with van der Waals surface area (Å²) in [5, 5.41) is 2.79.